The molecule has 4 heteroatoms. The second kappa shape index (κ2) is 28.6. The van der Waals surface area contributed by atoms with Crippen molar-refractivity contribution in [3.63, 3.8) is 0 Å². The van der Waals surface area contributed by atoms with Crippen molar-refractivity contribution in [1.29, 1.82) is 0 Å². The smallest absolute Gasteiger partial charge is 0.0594 e. The van der Waals surface area contributed by atoms with Crippen LogP contribution in [0.1, 0.15) is 74.1 Å². The molecule has 1 aliphatic rings. The predicted octanol–water partition coefficient (Wildman–Crippen LogP) is 4.83. The van der Waals surface area contributed by atoms with Crippen LogP contribution in [0.3, 0.4) is 0 Å². The van der Waals surface area contributed by atoms with Gasteiger partial charge in [-0.15, -0.1) is 0 Å². The summed E-state index contributed by atoms with van der Waals surface area (Å²) in [4.78, 5) is 2.41. The van der Waals surface area contributed by atoms with Crippen LogP contribution in [-0.2, 0) is 9.47 Å². The summed E-state index contributed by atoms with van der Waals surface area (Å²) in [7, 11) is 1.97. The average Bonchev–Trinajstić information content (AvgIpc) is 2.62. The van der Waals surface area contributed by atoms with Crippen LogP contribution in [0.2, 0.25) is 0 Å². The van der Waals surface area contributed by atoms with Crippen molar-refractivity contribution >= 4 is 0 Å². The molecule has 4 nitrogen and oxygen atoms in total. The Kier molecular flexibility index (Phi) is 33.9. The molecule has 0 radical (unpaired) electrons. The highest BCUT2D eigenvalue weighted by Gasteiger charge is 2.08. The maximum Gasteiger partial charge on any atom is 0.0594 e. The van der Waals surface area contributed by atoms with Gasteiger partial charge in [0.2, 0.25) is 0 Å². The molecule has 0 aromatic carbocycles. The third-order valence-corrected chi connectivity index (χ3v) is 3.16. The Hall–Kier alpha value is -0.160. The van der Waals surface area contributed by atoms with Gasteiger partial charge in [0.15, 0.2) is 0 Å². The lowest BCUT2D eigenvalue weighted by Gasteiger charge is -2.26. The molecule has 1 saturated heterocycles. The van der Waals surface area contributed by atoms with Crippen molar-refractivity contribution in [1.82, 2.24) is 10.2 Å². The summed E-state index contributed by atoms with van der Waals surface area (Å²) in [5.74, 6) is 0.787. The first-order valence-electron chi connectivity index (χ1n) is 10.6. The minimum absolute atomic E-state index is 0.787. The Morgan fingerprint density at radius 1 is 1.00 bits per heavy atom. The molecule has 1 aliphatic heterocycles. The summed E-state index contributed by atoms with van der Waals surface area (Å²) in [6.07, 6.45) is 5.02. The molecule has 0 aromatic heterocycles. The van der Waals surface area contributed by atoms with Crippen LogP contribution in [0.15, 0.2) is 0 Å². The molecule has 0 amide bonds. The number of nitrogens with one attached hydrogen (secondary N) is 1. The summed E-state index contributed by atoms with van der Waals surface area (Å²) >= 11 is 0. The molecule has 0 aromatic rings. The Morgan fingerprint density at radius 2 is 1.56 bits per heavy atom. The van der Waals surface area contributed by atoms with Crippen molar-refractivity contribution < 1.29 is 9.47 Å². The topological polar surface area (TPSA) is 33.7 Å². The minimum atomic E-state index is 0.787. The van der Waals surface area contributed by atoms with E-state index in [9.17, 15) is 0 Å². The largest absolute Gasteiger partial charge is 0.380 e. The zero-order valence-electron chi connectivity index (χ0n) is 18.8. The van der Waals surface area contributed by atoms with Gasteiger partial charge in [-0.25, -0.2) is 0 Å². The lowest BCUT2D eigenvalue weighted by molar-refractivity contribution is 0.0200. The third-order valence-electron chi connectivity index (χ3n) is 3.16. The normalized spacial score (nSPS) is 13.8. The fourth-order valence-corrected chi connectivity index (χ4v) is 1.98. The minimum Gasteiger partial charge on any atom is -0.380 e. The van der Waals surface area contributed by atoms with Gasteiger partial charge in [-0.1, -0.05) is 67.7 Å². The molecular weight excluding hydrogens is 312 g/mol. The lowest BCUT2D eigenvalue weighted by Crippen LogP contribution is -2.38. The first-order chi connectivity index (χ1) is 12.1. The van der Waals surface area contributed by atoms with E-state index in [0.29, 0.717) is 0 Å². The zero-order valence-corrected chi connectivity index (χ0v) is 18.8. The van der Waals surface area contributed by atoms with E-state index in [-0.39, 0.29) is 0 Å². The summed E-state index contributed by atoms with van der Waals surface area (Å²) < 4.78 is 10.8. The molecule has 0 unspecified atom stereocenters. The number of ether oxygens (including phenoxy) is 2. The van der Waals surface area contributed by atoms with Gasteiger partial charge in [-0.2, -0.15) is 0 Å². The monoisotopic (exact) mass is 362 g/mol. The Morgan fingerprint density at radius 3 is 1.96 bits per heavy atom. The highest BCUT2D eigenvalue weighted by molar-refractivity contribution is 4.60. The SMILES string of the molecule is CC.CCC.CCCCCOCCN1CCOCC1.CNCC(C)C. The first kappa shape index (κ1) is 29.6. The maximum atomic E-state index is 5.56. The fourth-order valence-electron chi connectivity index (χ4n) is 1.98. The average molecular weight is 363 g/mol. The van der Waals surface area contributed by atoms with E-state index in [2.05, 4.69) is 44.8 Å². The summed E-state index contributed by atoms with van der Waals surface area (Å²) in [6, 6.07) is 0. The lowest BCUT2D eigenvalue weighted by atomic mass is 10.2. The number of rotatable bonds is 9. The van der Waals surface area contributed by atoms with Crippen molar-refractivity contribution in [2.45, 2.75) is 74.1 Å². The van der Waals surface area contributed by atoms with E-state index in [1.165, 1.54) is 25.7 Å². The molecular formula is C21H50N2O2. The van der Waals surface area contributed by atoms with E-state index in [4.69, 9.17) is 9.47 Å². The van der Waals surface area contributed by atoms with Crippen LogP contribution in [0.25, 0.3) is 0 Å². The number of hydrogen-bond acceptors (Lipinski definition) is 4. The summed E-state index contributed by atoms with van der Waals surface area (Å²) in [5, 5.41) is 3.07. The van der Waals surface area contributed by atoms with Crippen LogP contribution >= 0.6 is 0 Å². The molecule has 0 bridgehead atoms. The second-order valence-electron chi connectivity index (χ2n) is 6.43. The van der Waals surface area contributed by atoms with Crippen molar-refractivity contribution in [3.05, 3.63) is 0 Å². The molecule has 0 aliphatic carbocycles. The van der Waals surface area contributed by atoms with Gasteiger partial charge in [0, 0.05) is 26.2 Å². The molecule has 1 N–H and O–H groups in total. The molecule has 0 atom stereocenters. The molecule has 1 fully saturated rings. The number of nitrogens with zero attached hydrogens (tertiary/aromatic N) is 1. The van der Waals surface area contributed by atoms with E-state index < -0.39 is 0 Å². The van der Waals surface area contributed by atoms with Gasteiger partial charge in [0.05, 0.1) is 19.8 Å². The van der Waals surface area contributed by atoms with Crippen LogP contribution in [-0.4, -0.2) is 64.6 Å². The van der Waals surface area contributed by atoms with E-state index in [1.54, 1.807) is 0 Å². The molecule has 0 spiro atoms. The van der Waals surface area contributed by atoms with Crippen LogP contribution in [0.5, 0.6) is 0 Å². The Balaban J connectivity index is -0.000000367. The number of unbranched alkanes of at least 4 members (excludes halogenated alkanes) is 2. The van der Waals surface area contributed by atoms with E-state index in [1.807, 2.05) is 20.9 Å². The quantitative estimate of drug-likeness (QED) is 0.596. The van der Waals surface area contributed by atoms with E-state index in [0.717, 1.165) is 58.5 Å². The highest BCUT2D eigenvalue weighted by Crippen LogP contribution is 1.97. The predicted molar refractivity (Wildman–Crippen MR) is 114 cm³/mol. The molecule has 0 saturated carbocycles. The molecule has 1 heterocycles. The molecule has 25 heavy (non-hydrogen) atoms. The van der Waals surface area contributed by atoms with Crippen LogP contribution in [0.4, 0.5) is 0 Å². The van der Waals surface area contributed by atoms with E-state index >= 15 is 0 Å². The van der Waals surface area contributed by atoms with Crippen molar-refractivity contribution in [2.24, 2.45) is 5.92 Å². The van der Waals surface area contributed by atoms with Gasteiger partial charge < -0.3 is 14.8 Å². The number of morpholine rings is 1. The first-order valence-corrected chi connectivity index (χ1v) is 10.6. The van der Waals surface area contributed by atoms with Crippen molar-refractivity contribution in [2.75, 3.05) is 59.7 Å². The maximum absolute atomic E-state index is 5.56. The zero-order chi connectivity index (χ0) is 19.8. The summed E-state index contributed by atoms with van der Waals surface area (Å²) in [6.45, 7) is 22.8. The van der Waals surface area contributed by atoms with Crippen molar-refractivity contribution in [3.8, 4) is 0 Å². The summed E-state index contributed by atoms with van der Waals surface area (Å²) in [5.41, 5.74) is 0. The fraction of sp³-hybridized carbons (Fsp3) is 1.00. The Labute approximate surface area is 160 Å². The third kappa shape index (κ3) is 32.0. The standard InChI is InChI=1S/C11H23NO2.C5H13N.C3H8.C2H6/c1-2-3-4-8-13-9-5-12-6-10-14-11-7-12;1-5(2)4-6-3;1-3-2;1-2/h2-11H2,1H3;5-6H,4H2,1-3H3;3H2,1-2H3;1-2H3. The van der Waals surface area contributed by atoms with Gasteiger partial charge in [0.1, 0.15) is 0 Å². The molecule has 156 valence electrons. The molecule has 1 rings (SSSR count). The second-order valence-corrected chi connectivity index (χ2v) is 6.43. The van der Waals surface area contributed by atoms with Gasteiger partial charge in [0.25, 0.3) is 0 Å². The van der Waals surface area contributed by atoms with Crippen LogP contribution < -0.4 is 5.32 Å². The highest BCUT2D eigenvalue weighted by atomic mass is 16.5. The van der Waals surface area contributed by atoms with Gasteiger partial charge in [-0.3, -0.25) is 4.90 Å². The van der Waals surface area contributed by atoms with Gasteiger partial charge >= 0.3 is 0 Å². The van der Waals surface area contributed by atoms with Gasteiger partial charge in [-0.05, 0) is 25.9 Å². The number of hydrogen-bond donors (Lipinski definition) is 1. The Bertz CT molecular complexity index is 196. The van der Waals surface area contributed by atoms with Crippen LogP contribution in [0, 0.1) is 5.92 Å².